The summed E-state index contributed by atoms with van der Waals surface area (Å²) in [5.41, 5.74) is 9.10. The molecular weight excluding hydrogens is 362 g/mol. The molecule has 3 aromatic rings. The first-order valence-corrected chi connectivity index (χ1v) is 9.63. The molecule has 2 amide bonds. The van der Waals surface area contributed by atoms with Gasteiger partial charge in [0.15, 0.2) is 5.76 Å². The number of amides is 2. The monoisotopic (exact) mass is 383 g/mol. The number of furan rings is 1. The third kappa shape index (κ3) is 4.49. The number of rotatable bonds is 5. The molecule has 7 heteroatoms. The molecule has 6 nitrogen and oxygen atoms in total. The van der Waals surface area contributed by atoms with Gasteiger partial charge in [0.05, 0.1) is 17.5 Å². The van der Waals surface area contributed by atoms with Gasteiger partial charge in [-0.15, -0.1) is 0 Å². The molecule has 0 atom stereocenters. The number of carbonyl (C=O) groups is 2. The average Bonchev–Trinajstić information content (AvgIpc) is 3.18. The third-order valence-electron chi connectivity index (χ3n) is 4.11. The minimum atomic E-state index is -0.498. The van der Waals surface area contributed by atoms with E-state index >= 15 is 0 Å². The van der Waals surface area contributed by atoms with Crippen LogP contribution in [0.25, 0.3) is 10.9 Å². The molecule has 0 saturated heterocycles. The highest BCUT2D eigenvalue weighted by Crippen LogP contribution is 2.27. The van der Waals surface area contributed by atoms with Crippen LogP contribution in [0.5, 0.6) is 0 Å². The number of carbonyl (C=O) groups excluding carboxylic acids is 2. The molecule has 27 heavy (non-hydrogen) atoms. The molecule has 0 aliphatic carbocycles. The lowest BCUT2D eigenvalue weighted by molar-refractivity contribution is -0.119. The van der Waals surface area contributed by atoms with Crippen molar-refractivity contribution in [2.45, 2.75) is 32.2 Å². The van der Waals surface area contributed by atoms with Crippen LogP contribution in [0, 0.1) is 13.8 Å². The van der Waals surface area contributed by atoms with E-state index in [-0.39, 0.29) is 17.4 Å². The molecule has 0 spiro atoms. The first-order chi connectivity index (χ1) is 13.0. The molecule has 0 aliphatic heterocycles. The maximum absolute atomic E-state index is 12.1. The van der Waals surface area contributed by atoms with Gasteiger partial charge in [0.2, 0.25) is 5.91 Å². The van der Waals surface area contributed by atoms with Gasteiger partial charge in [0.25, 0.3) is 0 Å². The number of pyridine rings is 1. The van der Waals surface area contributed by atoms with Crippen LogP contribution in [0.1, 0.15) is 34.2 Å². The molecule has 0 unspecified atom stereocenters. The molecule has 0 saturated carbocycles. The fourth-order valence-electron chi connectivity index (χ4n) is 2.80. The zero-order chi connectivity index (χ0) is 19.4. The molecule has 0 radical (unpaired) electrons. The molecule has 0 bridgehead atoms. The number of hydrogen-bond donors (Lipinski definition) is 2. The van der Waals surface area contributed by atoms with E-state index < -0.39 is 5.91 Å². The number of benzene rings is 1. The minimum absolute atomic E-state index is 0.137. The van der Waals surface area contributed by atoms with Crippen molar-refractivity contribution in [2.75, 3.05) is 5.75 Å². The topological polar surface area (TPSA) is 84.2 Å². The summed E-state index contributed by atoms with van der Waals surface area (Å²) in [6.45, 7) is 6.20. The Balaban J connectivity index is 1.67. The number of hydrazine groups is 1. The van der Waals surface area contributed by atoms with Crippen LogP contribution >= 0.6 is 11.8 Å². The second kappa shape index (κ2) is 8.26. The van der Waals surface area contributed by atoms with Crippen molar-refractivity contribution < 1.29 is 14.0 Å². The van der Waals surface area contributed by atoms with Crippen molar-refractivity contribution in [3.05, 3.63) is 59.0 Å². The number of thioether (sulfide) groups is 1. The zero-order valence-electron chi connectivity index (χ0n) is 15.5. The van der Waals surface area contributed by atoms with E-state index in [9.17, 15) is 9.59 Å². The number of aromatic nitrogens is 1. The second-order valence-electron chi connectivity index (χ2n) is 6.22. The van der Waals surface area contributed by atoms with Gasteiger partial charge in [-0.05, 0) is 61.2 Å². The number of aryl methyl sites for hydroxylation is 3. The highest BCUT2D eigenvalue weighted by atomic mass is 32.2. The van der Waals surface area contributed by atoms with Gasteiger partial charge in [0.1, 0.15) is 5.03 Å². The van der Waals surface area contributed by atoms with E-state index in [0.29, 0.717) is 0 Å². The van der Waals surface area contributed by atoms with Crippen LogP contribution in [-0.4, -0.2) is 22.6 Å². The van der Waals surface area contributed by atoms with Crippen LogP contribution in [0.15, 0.2) is 46.0 Å². The molecule has 2 N–H and O–H groups in total. The fraction of sp³-hybridized carbons (Fsp3) is 0.250. The lowest BCUT2D eigenvalue weighted by Gasteiger charge is -2.11. The van der Waals surface area contributed by atoms with Crippen molar-refractivity contribution in [3.63, 3.8) is 0 Å². The number of nitrogens with zero attached hydrogens (tertiary/aromatic N) is 1. The summed E-state index contributed by atoms with van der Waals surface area (Å²) in [4.78, 5) is 28.6. The van der Waals surface area contributed by atoms with Crippen molar-refractivity contribution in [2.24, 2.45) is 0 Å². The summed E-state index contributed by atoms with van der Waals surface area (Å²) < 4.78 is 4.97. The van der Waals surface area contributed by atoms with Gasteiger partial charge in [-0.3, -0.25) is 20.4 Å². The Kier molecular flexibility index (Phi) is 5.81. The van der Waals surface area contributed by atoms with E-state index in [0.717, 1.165) is 33.5 Å². The van der Waals surface area contributed by atoms with Gasteiger partial charge in [-0.2, -0.15) is 0 Å². The van der Waals surface area contributed by atoms with E-state index in [1.165, 1.54) is 29.7 Å². The summed E-state index contributed by atoms with van der Waals surface area (Å²) in [7, 11) is 0. The average molecular weight is 383 g/mol. The predicted molar refractivity (Wildman–Crippen MR) is 106 cm³/mol. The summed E-state index contributed by atoms with van der Waals surface area (Å²) in [5, 5.41) is 1.97. The molecule has 0 fully saturated rings. The summed E-state index contributed by atoms with van der Waals surface area (Å²) >= 11 is 1.36. The SMILES string of the molecule is CCc1cc2c(C)cc(C)cc2nc1SCC(=O)NNC(=O)c1ccco1. The maximum Gasteiger partial charge on any atom is 0.305 e. The van der Waals surface area contributed by atoms with Gasteiger partial charge < -0.3 is 4.42 Å². The van der Waals surface area contributed by atoms with E-state index in [1.54, 1.807) is 6.07 Å². The quantitative estimate of drug-likeness (QED) is 0.520. The number of hydrogen-bond acceptors (Lipinski definition) is 5. The van der Waals surface area contributed by atoms with Gasteiger partial charge in [-0.25, -0.2) is 4.98 Å². The Labute approximate surface area is 161 Å². The molecular formula is C20H21N3O3S. The normalized spacial score (nSPS) is 10.8. The first kappa shape index (κ1) is 19.0. The molecule has 140 valence electrons. The lowest BCUT2D eigenvalue weighted by atomic mass is 10.0. The van der Waals surface area contributed by atoms with Crippen molar-refractivity contribution >= 4 is 34.5 Å². The lowest BCUT2D eigenvalue weighted by Crippen LogP contribution is -2.42. The van der Waals surface area contributed by atoms with Gasteiger partial charge in [-0.1, -0.05) is 24.8 Å². The summed E-state index contributed by atoms with van der Waals surface area (Å²) in [5.74, 6) is -0.529. The number of fused-ring (bicyclic) bond motifs is 1. The maximum atomic E-state index is 12.1. The van der Waals surface area contributed by atoms with Crippen molar-refractivity contribution in [3.8, 4) is 0 Å². The molecule has 0 aliphatic rings. The smallest absolute Gasteiger partial charge is 0.305 e. The minimum Gasteiger partial charge on any atom is -0.459 e. The first-order valence-electron chi connectivity index (χ1n) is 8.64. The largest absolute Gasteiger partial charge is 0.459 e. The van der Waals surface area contributed by atoms with Crippen LogP contribution in [0.4, 0.5) is 0 Å². The van der Waals surface area contributed by atoms with Gasteiger partial charge >= 0.3 is 5.91 Å². The van der Waals surface area contributed by atoms with E-state index in [4.69, 9.17) is 9.40 Å². The Morgan fingerprint density at radius 1 is 1.19 bits per heavy atom. The Morgan fingerprint density at radius 2 is 2.00 bits per heavy atom. The molecule has 1 aromatic carbocycles. The zero-order valence-corrected chi connectivity index (χ0v) is 16.3. The van der Waals surface area contributed by atoms with E-state index in [1.807, 2.05) is 6.92 Å². The van der Waals surface area contributed by atoms with E-state index in [2.05, 4.69) is 42.9 Å². The Hall–Kier alpha value is -2.80. The van der Waals surface area contributed by atoms with Crippen LogP contribution in [-0.2, 0) is 11.2 Å². The van der Waals surface area contributed by atoms with Crippen LogP contribution < -0.4 is 10.9 Å². The molecule has 2 aromatic heterocycles. The highest BCUT2D eigenvalue weighted by molar-refractivity contribution is 7.99. The van der Waals surface area contributed by atoms with Crippen molar-refractivity contribution in [1.29, 1.82) is 0 Å². The van der Waals surface area contributed by atoms with Crippen molar-refractivity contribution in [1.82, 2.24) is 15.8 Å². The summed E-state index contributed by atoms with van der Waals surface area (Å²) in [6.07, 6.45) is 2.23. The Bertz CT molecular complexity index is 984. The fourth-order valence-corrected chi connectivity index (χ4v) is 3.69. The van der Waals surface area contributed by atoms with Crippen LogP contribution in [0.3, 0.4) is 0 Å². The standard InChI is InChI=1S/C20H21N3O3S/c1-4-14-10-15-13(3)8-12(2)9-16(15)21-20(14)27-11-18(24)22-23-19(25)17-6-5-7-26-17/h5-10H,4,11H2,1-3H3,(H,22,24)(H,23,25). The highest BCUT2D eigenvalue weighted by Gasteiger charge is 2.13. The Morgan fingerprint density at radius 3 is 2.70 bits per heavy atom. The third-order valence-corrected chi connectivity index (χ3v) is 5.14. The van der Waals surface area contributed by atoms with Gasteiger partial charge in [0, 0.05) is 5.39 Å². The van der Waals surface area contributed by atoms with Crippen LogP contribution in [0.2, 0.25) is 0 Å². The number of nitrogens with one attached hydrogen (secondary N) is 2. The predicted octanol–water partition coefficient (Wildman–Crippen LogP) is 3.56. The molecule has 3 rings (SSSR count). The molecule has 2 heterocycles. The summed E-state index contributed by atoms with van der Waals surface area (Å²) in [6, 6.07) is 9.47. The second-order valence-corrected chi connectivity index (χ2v) is 7.19.